The summed E-state index contributed by atoms with van der Waals surface area (Å²) >= 11 is 5.95. The van der Waals surface area contributed by atoms with Gasteiger partial charge < -0.3 is 9.80 Å². The molecule has 0 bridgehead atoms. The first kappa shape index (κ1) is 19.4. The van der Waals surface area contributed by atoms with Crippen molar-refractivity contribution in [3.05, 3.63) is 59.9 Å². The quantitative estimate of drug-likeness (QED) is 0.457. The molecule has 0 radical (unpaired) electrons. The fourth-order valence-corrected chi connectivity index (χ4v) is 3.84. The Balaban J connectivity index is 1.44. The number of carbonyl (C=O) groups excluding carboxylic acids is 1. The molecule has 0 aromatic carbocycles. The van der Waals surface area contributed by atoms with Crippen molar-refractivity contribution in [2.45, 2.75) is 0 Å². The van der Waals surface area contributed by atoms with Crippen LogP contribution in [0.15, 0.2) is 49.1 Å². The first-order valence-corrected chi connectivity index (χ1v) is 10.2. The van der Waals surface area contributed by atoms with Crippen molar-refractivity contribution in [3.8, 4) is 11.1 Å². The Labute approximate surface area is 183 Å². The highest BCUT2D eigenvalue weighted by atomic mass is 35.5. The van der Waals surface area contributed by atoms with E-state index in [-0.39, 0.29) is 5.91 Å². The van der Waals surface area contributed by atoms with Crippen molar-refractivity contribution in [2.24, 2.45) is 7.05 Å². The fraction of sp³-hybridized carbons (Fsp3) is 0.238. The number of pyridine rings is 2. The van der Waals surface area contributed by atoms with E-state index in [0.717, 1.165) is 16.5 Å². The molecule has 1 saturated heterocycles. The molecule has 9 nitrogen and oxygen atoms in total. The average molecular weight is 435 g/mol. The summed E-state index contributed by atoms with van der Waals surface area (Å²) in [5.74, 6) is 0.571. The first-order chi connectivity index (χ1) is 15.1. The summed E-state index contributed by atoms with van der Waals surface area (Å²) < 4.78 is 1.67. The van der Waals surface area contributed by atoms with E-state index in [9.17, 15) is 4.79 Å². The summed E-state index contributed by atoms with van der Waals surface area (Å²) in [5.41, 5.74) is 2.73. The Morgan fingerprint density at radius 1 is 1.03 bits per heavy atom. The monoisotopic (exact) mass is 434 g/mol. The predicted molar refractivity (Wildman–Crippen MR) is 117 cm³/mol. The lowest BCUT2D eigenvalue weighted by atomic mass is 10.0. The standard InChI is InChI=1S/C21H19ClN8O/c1-28-19-16(13-26-28)15(14-3-4-18(22)25-12-14)11-17(27-19)20(31)29-7-9-30(10-8-29)21-23-5-2-6-24-21/h2-6,11-13H,7-10H2,1H3. The van der Waals surface area contributed by atoms with Gasteiger partial charge in [-0.1, -0.05) is 11.6 Å². The minimum atomic E-state index is -0.111. The van der Waals surface area contributed by atoms with Crippen molar-refractivity contribution < 1.29 is 4.79 Å². The van der Waals surface area contributed by atoms with Crippen molar-refractivity contribution in [1.29, 1.82) is 0 Å². The molecule has 31 heavy (non-hydrogen) atoms. The van der Waals surface area contributed by atoms with Gasteiger partial charge in [0.25, 0.3) is 5.91 Å². The summed E-state index contributed by atoms with van der Waals surface area (Å²) in [6, 6.07) is 7.21. The van der Waals surface area contributed by atoms with Crippen molar-refractivity contribution in [3.63, 3.8) is 0 Å². The van der Waals surface area contributed by atoms with E-state index < -0.39 is 0 Å². The van der Waals surface area contributed by atoms with Gasteiger partial charge in [0.15, 0.2) is 5.65 Å². The molecule has 0 N–H and O–H groups in total. The highest BCUT2D eigenvalue weighted by Gasteiger charge is 2.25. The van der Waals surface area contributed by atoms with Gasteiger partial charge in [-0.3, -0.25) is 9.48 Å². The Hall–Kier alpha value is -3.59. The molecule has 0 spiro atoms. The van der Waals surface area contributed by atoms with Crippen LogP contribution in [-0.2, 0) is 7.05 Å². The summed E-state index contributed by atoms with van der Waals surface area (Å²) in [5, 5.41) is 5.59. The predicted octanol–water partition coefficient (Wildman–Crippen LogP) is 2.44. The van der Waals surface area contributed by atoms with E-state index in [4.69, 9.17) is 11.6 Å². The van der Waals surface area contributed by atoms with Crippen LogP contribution < -0.4 is 4.90 Å². The number of rotatable bonds is 3. The first-order valence-electron chi connectivity index (χ1n) is 9.86. The lowest BCUT2D eigenvalue weighted by molar-refractivity contribution is 0.0740. The number of anilines is 1. The van der Waals surface area contributed by atoms with Crippen LogP contribution in [0.2, 0.25) is 5.15 Å². The van der Waals surface area contributed by atoms with E-state index in [1.54, 1.807) is 41.6 Å². The number of hydrogen-bond donors (Lipinski definition) is 0. The largest absolute Gasteiger partial charge is 0.337 e. The number of amides is 1. The minimum Gasteiger partial charge on any atom is -0.337 e. The number of fused-ring (bicyclic) bond motifs is 1. The van der Waals surface area contributed by atoms with Crippen LogP contribution in [-0.4, -0.2) is 66.7 Å². The van der Waals surface area contributed by atoms with Crippen LogP contribution in [0, 0.1) is 0 Å². The van der Waals surface area contributed by atoms with Crippen LogP contribution >= 0.6 is 11.6 Å². The number of halogens is 1. The molecule has 5 rings (SSSR count). The fourth-order valence-electron chi connectivity index (χ4n) is 3.72. The second-order valence-electron chi connectivity index (χ2n) is 7.26. The van der Waals surface area contributed by atoms with Crippen molar-refractivity contribution >= 4 is 34.5 Å². The SMILES string of the molecule is Cn1ncc2c(-c3ccc(Cl)nc3)cc(C(=O)N3CCN(c4ncccn4)CC3)nc21. The molecular formula is C21H19ClN8O. The number of aryl methyl sites for hydroxylation is 1. The maximum absolute atomic E-state index is 13.3. The lowest BCUT2D eigenvalue weighted by Crippen LogP contribution is -2.49. The van der Waals surface area contributed by atoms with Crippen LogP contribution in [0.3, 0.4) is 0 Å². The van der Waals surface area contributed by atoms with Gasteiger partial charge in [-0.2, -0.15) is 5.10 Å². The molecule has 0 atom stereocenters. The third-order valence-corrected chi connectivity index (χ3v) is 5.59. The third-order valence-electron chi connectivity index (χ3n) is 5.36. The molecular weight excluding hydrogens is 416 g/mol. The Bertz CT molecular complexity index is 1230. The topological polar surface area (TPSA) is 92.9 Å². The summed E-state index contributed by atoms with van der Waals surface area (Å²) in [6.45, 7) is 2.47. The Kier molecular flexibility index (Phi) is 4.95. The molecule has 4 aromatic heterocycles. The third kappa shape index (κ3) is 3.68. The van der Waals surface area contributed by atoms with Gasteiger partial charge in [0.05, 0.1) is 6.20 Å². The van der Waals surface area contributed by atoms with Gasteiger partial charge in [0.2, 0.25) is 5.95 Å². The van der Waals surface area contributed by atoms with Crippen molar-refractivity contribution in [1.82, 2.24) is 34.6 Å². The maximum Gasteiger partial charge on any atom is 0.272 e. The van der Waals surface area contributed by atoms with Gasteiger partial charge in [-0.25, -0.2) is 19.9 Å². The summed E-state index contributed by atoms with van der Waals surface area (Å²) in [4.78, 5) is 34.6. The number of aromatic nitrogens is 6. The van der Waals surface area contributed by atoms with E-state index in [1.165, 1.54) is 0 Å². The van der Waals surface area contributed by atoms with Crippen molar-refractivity contribution in [2.75, 3.05) is 31.1 Å². The molecule has 1 aliphatic heterocycles. The smallest absolute Gasteiger partial charge is 0.272 e. The second-order valence-corrected chi connectivity index (χ2v) is 7.65. The second kappa shape index (κ2) is 7.92. The van der Waals surface area contributed by atoms with Crippen LogP contribution in [0.25, 0.3) is 22.2 Å². The summed E-state index contributed by atoms with van der Waals surface area (Å²) in [7, 11) is 1.81. The van der Waals surface area contributed by atoms with E-state index >= 15 is 0 Å². The molecule has 156 valence electrons. The molecule has 5 heterocycles. The molecule has 0 unspecified atom stereocenters. The molecule has 10 heteroatoms. The molecule has 1 aliphatic rings. The molecule has 0 aliphatic carbocycles. The van der Waals surface area contributed by atoms with E-state index in [2.05, 4.69) is 29.9 Å². The number of carbonyl (C=O) groups is 1. The zero-order chi connectivity index (χ0) is 21.4. The average Bonchev–Trinajstić information content (AvgIpc) is 3.20. The van der Waals surface area contributed by atoms with Gasteiger partial charge in [-0.15, -0.1) is 0 Å². The highest BCUT2D eigenvalue weighted by molar-refractivity contribution is 6.29. The minimum absolute atomic E-state index is 0.111. The van der Waals surface area contributed by atoms with E-state index in [1.807, 2.05) is 24.1 Å². The number of nitrogens with zero attached hydrogens (tertiary/aromatic N) is 8. The van der Waals surface area contributed by atoms with Gasteiger partial charge in [0.1, 0.15) is 10.8 Å². The number of piperazine rings is 1. The van der Waals surface area contributed by atoms with Gasteiger partial charge in [-0.05, 0) is 29.8 Å². The van der Waals surface area contributed by atoms with Crippen LogP contribution in [0.5, 0.6) is 0 Å². The molecule has 1 fully saturated rings. The highest BCUT2D eigenvalue weighted by Crippen LogP contribution is 2.29. The summed E-state index contributed by atoms with van der Waals surface area (Å²) in [6.07, 6.45) is 6.89. The molecule has 4 aromatic rings. The zero-order valence-electron chi connectivity index (χ0n) is 16.8. The Morgan fingerprint density at radius 3 is 2.52 bits per heavy atom. The van der Waals surface area contributed by atoms with Gasteiger partial charge in [0, 0.05) is 62.8 Å². The van der Waals surface area contributed by atoms with E-state index in [0.29, 0.717) is 48.6 Å². The zero-order valence-corrected chi connectivity index (χ0v) is 17.6. The van der Waals surface area contributed by atoms with Crippen LogP contribution in [0.1, 0.15) is 10.5 Å². The van der Waals surface area contributed by atoms with Crippen LogP contribution in [0.4, 0.5) is 5.95 Å². The number of hydrogen-bond acceptors (Lipinski definition) is 7. The molecule has 0 saturated carbocycles. The Morgan fingerprint density at radius 2 is 1.81 bits per heavy atom. The maximum atomic E-state index is 13.3. The van der Waals surface area contributed by atoms with Gasteiger partial charge >= 0.3 is 0 Å². The lowest BCUT2D eigenvalue weighted by Gasteiger charge is -2.34. The normalized spacial score (nSPS) is 14.3. The molecule has 1 amide bonds.